The number of aliphatic hydroxyl groups excluding tert-OH is 1. The SMILES string of the molecule is COc1ccc(C(=O)O[C@@H]2CO[C@H]3[C@@H]2OC[C@H]3O)cc1. The molecule has 2 aliphatic heterocycles. The molecule has 2 heterocycles. The average Bonchev–Trinajstić information content (AvgIpc) is 3.03. The molecule has 0 bridgehead atoms. The van der Waals surface area contributed by atoms with Gasteiger partial charge in [0.2, 0.25) is 0 Å². The van der Waals surface area contributed by atoms with Crippen molar-refractivity contribution in [1.82, 2.24) is 0 Å². The van der Waals surface area contributed by atoms with Gasteiger partial charge in [0.15, 0.2) is 6.10 Å². The van der Waals surface area contributed by atoms with Gasteiger partial charge >= 0.3 is 5.97 Å². The van der Waals surface area contributed by atoms with Crippen molar-refractivity contribution >= 4 is 5.97 Å². The molecule has 0 aromatic heterocycles. The number of fused-ring (bicyclic) bond motifs is 1. The van der Waals surface area contributed by atoms with Crippen molar-refractivity contribution in [3.63, 3.8) is 0 Å². The summed E-state index contributed by atoms with van der Waals surface area (Å²) >= 11 is 0. The monoisotopic (exact) mass is 280 g/mol. The summed E-state index contributed by atoms with van der Waals surface area (Å²) in [4.78, 5) is 12.0. The van der Waals surface area contributed by atoms with Crippen molar-refractivity contribution in [3.8, 4) is 5.75 Å². The maximum Gasteiger partial charge on any atom is 0.338 e. The zero-order valence-corrected chi connectivity index (χ0v) is 11.0. The van der Waals surface area contributed by atoms with Gasteiger partial charge in [0, 0.05) is 0 Å². The number of ether oxygens (including phenoxy) is 4. The molecule has 2 fully saturated rings. The third kappa shape index (κ3) is 2.37. The lowest BCUT2D eigenvalue weighted by molar-refractivity contribution is -0.0209. The summed E-state index contributed by atoms with van der Waals surface area (Å²) in [6, 6.07) is 6.67. The molecule has 0 radical (unpaired) electrons. The van der Waals surface area contributed by atoms with E-state index in [0.29, 0.717) is 11.3 Å². The number of benzene rings is 1. The van der Waals surface area contributed by atoms with Gasteiger partial charge < -0.3 is 24.1 Å². The summed E-state index contributed by atoms with van der Waals surface area (Å²) < 4.78 is 21.2. The second kappa shape index (κ2) is 5.40. The maximum atomic E-state index is 12.0. The lowest BCUT2D eigenvalue weighted by Crippen LogP contribution is -2.34. The number of carbonyl (C=O) groups is 1. The van der Waals surface area contributed by atoms with Crippen LogP contribution in [0.15, 0.2) is 24.3 Å². The average molecular weight is 280 g/mol. The minimum atomic E-state index is -0.648. The molecule has 1 aromatic rings. The molecule has 20 heavy (non-hydrogen) atoms. The molecular weight excluding hydrogens is 264 g/mol. The fourth-order valence-corrected chi connectivity index (χ4v) is 2.48. The topological polar surface area (TPSA) is 74.2 Å². The van der Waals surface area contributed by atoms with Gasteiger partial charge in [-0.05, 0) is 24.3 Å². The minimum Gasteiger partial charge on any atom is -0.497 e. The Kier molecular flexibility index (Phi) is 3.60. The molecule has 1 aromatic carbocycles. The first-order valence-electron chi connectivity index (χ1n) is 6.45. The number of esters is 1. The molecule has 6 nitrogen and oxygen atoms in total. The normalized spacial score (nSPS) is 31.9. The highest BCUT2D eigenvalue weighted by Crippen LogP contribution is 2.29. The summed E-state index contributed by atoms with van der Waals surface area (Å²) in [6.07, 6.45) is -1.91. The molecule has 0 amide bonds. The minimum absolute atomic E-state index is 0.214. The van der Waals surface area contributed by atoms with Crippen LogP contribution < -0.4 is 4.74 Å². The molecule has 0 unspecified atom stereocenters. The van der Waals surface area contributed by atoms with Crippen molar-refractivity contribution < 1.29 is 28.8 Å². The molecule has 2 saturated heterocycles. The van der Waals surface area contributed by atoms with Crippen molar-refractivity contribution in [1.29, 1.82) is 0 Å². The van der Waals surface area contributed by atoms with Gasteiger partial charge in [-0.25, -0.2) is 4.79 Å². The highest BCUT2D eigenvalue weighted by Gasteiger charge is 2.48. The van der Waals surface area contributed by atoms with Gasteiger partial charge in [-0.15, -0.1) is 0 Å². The fourth-order valence-electron chi connectivity index (χ4n) is 2.48. The van der Waals surface area contributed by atoms with Crippen LogP contribution >= 0.6 is 0 Å². The predicted molar refractivity (Wildman–Crippen MR) is 67.7 cm³/mol. The molecule has 0 aliphatic carbocycles. The Bertz CT molecular complexity index is 485. The number of hydrogen-bond donors (Lipinski definition) is 1. The van der Waals surface area contributed by atoms with Crippen LogP contribution in [0.1, 0.15) is 10.4 Å². The number of rotatable bonds is 3. The van der Waals surface area contributed by atoms with Crippen LogP contribution in [0.4, 0.5) is 0 Å². The first-order chi connectivity index (χ1) is 9.69. The van der Waals surface area contributed by atoms with E-state index >= 15 is 0 Å². The molecule has 6 heteroatoms. The number of hydrogen-bond acceptors (Lipinski definition) is 6. The Hall–Kier alpha value is -1.63. The molecular formula is C14H16O6. The molecule has 4 atom stereocenters. The standard InChI is InChI=1S/C14H16O6/c1-17-9-4-2-8(3-5-9)14(16)20-11-7-19-12-10(15)6-18-13(11)12/h2-5,10-13,15H,6-7H2,1H3/t10-,11-,12-,13-/m1/s1. The largest absolute Gasteiger partial charge is 0.497 e. The maximum absolute atomic E-state index is 12.0. The third-order valence-electron chi connectivity index (χ3n) is 3.57. The van der Waals surface area contributed by atoms with E-state index in [1.54, 1.807) is 31.4 Å². The van der Waals surface area contributed by atoms with Crippen LogP contribution in [0.2, 0.25) is 0 Å². The summed E-state index contributed by atoms with van der Waals surface area (Å²) in [5.74, 6) is 0.236. The van der Waals surface area contributed by atoms with Crippen LogP contribution in [0.25, 0.3) is 0 Å². The second-order valence-corrected chi connectivity index (χ2v) is 4.84. The third-order valence-corrected chi connectivity index (χ3v) is 3.57. The van der Waals surface area contributed by atoms with Crippen LogP contribution in [0, 0.1) is 0 Å². The Morgan fingerprint density at radius 2 is 1.90 bits per heavy atom. The summed E-state index contributed by atoms with van der Waals surface area (Å²) in [6.45, 7) is 0.459. The van der Waals surface area contributed by atoms with Gasteiger partial charge in [-0.2, -0.15) is 0 Å². The van der Waals surface area contributed by atoms with Crippen molar-refractivity contribution in [2.45, 2.75) is 24.4 Å². The van der Waals surface area contributed by atoms with E-state index in [0.717, 1.165) is 0 Å². The first kappa shape index (κ1) is 13.4. The van der Waals surface area contributed by atoms with Crippen LogP contribution in [0.5, 0.6) is 5.75 Å². The highest BCUT2D eigenvalue weighted by molar-refractivity contribution is 5.89. The van der Waals surface area contributed by atoms with Gasteiger partial charge in [0.05, 0.1) is 25.9 Å². The second-order valence-electron chi connectivity index (χ2n) is 4.84. The van der Waals surface area contributed by atoms with E-state index < -0.39 is 24.3 Å². The van der Waals surface area contributed by atoms with E-state index in [2.05, 4.69) is 0 Å². The highest BCUT2D eigenvalue weighted by atomic mass is 16.6. The van der Waals surface area contributed by atoms with E-state index in [4.69, 9.17) is 18.9 Å². The lowest BCUT2D eigenvalue weighted by Gasteiger charge is -2.16. The molecule has 108 valence electrons. The van der Waals surface area contributed by atoms with Crippen molar-refractivity contribution in [2.75, 3.05) is 20.3 Å². The first-order valence-corrected chi connectivity index (χ1v) is 6.45. The Labute approximate surface area is 116 Å². The molecule has 1 N–H and O–H groups in total. The smallest absolute Gasteiger partial charge is 0.338 e. The van der Waals surface area contributed by atoms with E-state index in [-0.39, 0.29) is 19.3 Å². The van der Waals surface area contributed by atoms with Gasteiger partial charge in [-0.1, -0.05) is 0 Å². The number of aliphatic hydroxyl groups is 1. The summed E-state index contributed by atoms with van der Waals surface area (Å²) in [5, 5.41) is 9.62. The molecule has 0 saturated carbocycles. The van der Waals surface area contributed by atoms with E-state index in [1.807, 2.05) is 0 Å². The lowest BCUT2D eigenvalue weighted by atomic mass is 10.1. The van der Waals surface area contributed by atoms with Crippen molar-refractivity contribution in [3.05, 3.63) is 29.8 Å². The van der Waals surface area contributed by atoms with Crippen LogP contribution in [0.3, 0.4) is 0 Å². The Morgan fingerprint density at radius 3 is 2.60 bits per heavy atom. The zero-order valence-electron chi connectivity index (χ0n) is 11.0. The van der Waals surface area contributed by atoms with Crippen LogP contribution in [-0.4, -0.2) is 55.8 Å². The van der Waals surface area contributed by atoms with Gasteiger partial charge in [0.1, 0.15) is 24.1 Å². The van der Waals surface area contributed by atoms with Gasteiger partial charge in [-0.3, -0.25) is 0 Å². The summed E-state index contributed by atoms with van der Waals surface area (Å²) in [7, 11) is 1.56. The Morgan fingerprint density at radius 1 is 1.20 bits per heavy atom. The number of methoxy groups -OCH3 is 1. The van der Waals surface area contributed by atoms with Gasteiger partial charge in [0.25, 0.3) is 0 Å². The predicted octanol–water partition coefficient (Wildman–Crippen LogP) is 0.379. The molecule has 0 spiro atoms. The number of carbonyl (C=O) groups excluding carboxylic acids is 1. The summed E-state index contributed by atoms with van der Waals surface area (Å²) in [5.41, 5.74) is 0.438. The zero-order chi connectivity index (χ0) is 14.1. The van der Waals surface area contributed by atoms with E-state index in [9.17, 15) is 9.90 Å². The van der Waals surface area contributed by atoms with E-state index in [1.165, 1.54) is 0 Å². The molecule has 3 rings (SSSR count). The quantitative estimate of drug-likeness (QED) is 0.807. The molecule has 2 aliphatic rings. The fraction of sp³-hybridized carbons (Fsp3) is 0.500. The van der Waals surface area contributed by atoms with Crippen LogP contribution in [-0.2, 0) is 14.2 Å². The van der Waals surface area contributed by atoms with Crippen molar-refractivity contribution in [2.24, 2.45) is 0 Å². The Balaban J connectivity index is 1.64.